The minimum absolute atomic E-state index is 0.144. The van der Waals surface area contributed by atoms with Crippen LogP contribution in [0.3, 0.4) is 0 Å². The highest BCUT2D eigenvalue weighted by atomic mass is 32.2. The monoisotopic (exact) mass is 243 g/mol. The van der Waals surface area contributed by atoms with Crippen LogP contribution in [0.1, 0.15) is 18.7 Å². The highest BCUT2D eigenvalue weighted by molar-refractivity contribution is 8.00. The number of thiophene rings is 1. The molecular formula is C11H17NOS2. The average molecular weight is 243 g/mol. The van der Waals surface area contributed by atoms with E-state index in [9.17, 15) is 4.79 Å². The lowest BCUT2D eigenvalue weighted by Crippen LogP contribution is -2.27. The van der Waals surface area contributed by atoms with E-state index in [1.54, 1.807) is 23.1 Å². The second-order valence-corrected chi connectivity index (χ2v) is 6.14. The first-order valence-electron chi connectivity index (χ1n) is 5.09. The highest BCUT2D eigenvalue weighted by Crippen LogP contribution is 2.09. The lowest BCUT2D eigenvalue weighted by molar-refractivity contribution is -0.118. The zero-order valence-corrected chi connectivity index (χ0v) is 10.8. The molecular weight excluding hydrogens is 226 g/mol. The maximum atomic E-state index is 11.3. The van der Waals surface area contributed by atoms with E-state index in [1.807, 2.05) is 6.07 Å². The van der Waals surface area contributed by atoms with Gasteiger partial charge in [0.15, 0.2) is 0 Å². The molecule has 0 aromatic carbocycles. The Kier molecular flexibility index (Phi) is 5.79. The number of amides is 1. The molecule has 0 spiro atoms. The summed E-state index contributed by atoms with van der Waals surface area (Å²) in [7, 11) is 0. The van der Waals surface area contributed by atoms with E-state index in [4.69, 9.17) is 0 Å². The average Bonchev–Trinajstić information content (AvgIpc) is 2.67. The van der Waals surface area contributed by atoms with Gasteiger partial charge >= 0.3 is 0 Å². The molecule has 0 saturated carbocycles. The number of nitrogens with one attached hydrogen (secondary N) is 1. The van der Waals surface area contributed by atoms with E-state index in [-0.39, 0.29) is 5.91 Å². The van der Waals surface area contributed by atoms with Gasteiger partial charge in [-0.1, -0.05) is 19.9 Å². The zero-order valence-electron chi connectivity index (χ0n) is 9.16. The van der Waals surface area contributed by atoms with Crippen molar-refractivity contribution in [3.8, 4) is 0 Å². The molecule has 84 valence electrons. The van der Waals surface area contributed by atoms with Crippen molar-refractivity contribution in [2.75, 3.05) is 12.3 Å². The summed E-state index contributed by atoms with van der Waals surface area (Å²) in [6.45, 7) is 4.95. The molecule has 15 heavy (non-hydrogen) atoms. The van der Waals surface area contributed by atoms with E-state index < -0.39 is 0 Å². The van der Waals surface area contributed by atoms with Crippen LogP contribution >= 0.6 is 23.1 Å². The van der Waals surface area contributed by atoms with Crippen LogP contribution in [0, 0.1) is 0 Å². The van der Waals surface area contributed by atoms with Crippen molar-refractivity contribution in [3.05, 3.63) is 22.4 Å². The van der Waals surface area contributed by atoms with Gasteiger partial charge in [0.2, 0.25) is 5.91 Å². The third kappa shape index (κ3) is 5.85. The molecule has 0 bridgehead atoms. The molecule has 0 fully saturated rings. The quantitative estimate of drug-likeness (QED) is 0.832. The molecule has 1 aromatic heterocycles. The van der Waals surface area contributed by atoms with Crippen LogP contribution in [-0.4, -0.2) is 23.5 Å². The molecule has 1 aromatic rings. The minimum atomic E-state index is 0.144. The molecule has 1 N–H and O–H groups in total. The van der Waals surface area contributed by atoms with Crippen molar-refractivity contribution in [2.24, 2.45) is 0 Å². The van der Waals surface area contributed by atoms with Gasteiger partial charge in [-0.15, -0.1) is 23.1 Å². The van der Waals surface area contributed by atoms with Gasteiger partial charge in [0.05, 0.1) is 5.75 Å². The first-order chi connectivity index (χ1) is 7.18. The van der Waals surface area contributed by atoms with Crippen LogP contribution in [0.4, 0.5) is 0 Å². The Balaban J connectivity index is 2.07. The predicted molar refractivity (Wildman–Crippen MR) is 68.6 cm³/mol. The summed E-state index contributed by atoms with van der Waals surface area (Å²) in [5.74, 6) is 0.715. The van der Waals surface area contributed by atoms with Crippen LogP contribution in [0.15, 0.2) is 17.5 Å². The minimum Gasteiger partial charge on any atom is -0.355 e. The van der Waals surface area contributed by atoms with E-state index >= 15 is 0 Å². The summed E-state index contributed by atoms with van der Waals surface area (Å²) in [5, 5.41) is 5.51. The van der Waals surface area contributed by atoms with Crippen LogP contribution in [0.25, 0.3) is 0 Å². The Labute approximate surface area is 99.5 Å². The third-order valence-corrected chi connectivity index (χ3v) is 3.85. The van der Waals surface area contributed by atoms with Crippen LogP contribution < -0.4 is 5.32 Å². The van der Waals surface area contributed by atoms with Crippen LogP contribution in [0.5, 0.6) is 0 Å². The fourth-order valence-corrected chi connectivity index (χ4v) is 2.37. The maximum absolute atomic E-state index is 11.3. The molecule has 0 unspecified atom stereocenters. The predicted octanol–water partition coefficient (Wildman–Crippen LogP) is 2.55. The highest BCUT2D eigenvalue weighted by Gasteiger charge is 2.02. The van der Waals surface area contributed by atoms with Crippen LogP contribution in [0.2, 0.25) is 0 Å². The molecule has 0 aliphatic heterocycles. The number of hydrogen-bond acceptors (Lipinski definition) is 3. The molecule has 0 aliphatic rings. The van der Waals surface area contributed by atoms with E-state index in [0.29, 0.717) is 11.0 Å². The molecule has 1 rings (SSSR count). The van der Waals surface area contributed by atoms with Gasteiger partial charge < -0.3 is 5.32 Å². The van der Waals surface area contributed by atoms with Gasteiger partial charge in [0, 0.05) is 11.4 Å². The number of carbonyl (C=O) groups excluding carboxylic acids is 1. The topological polar surface area (TPSA) is 29.1 Å². The fraction of sp³-hybridized carbons (Fsp3) is 0.545. The van der Waals surface area contributed by atoms with Crippen molar-refractivity contribution in [1.82, 2.24) is 5.32 Å². The summed E-state index contributed by atoms with van der Waals surface area (Å²) in [6.07, 6.45) is 0.940. The molecule has 0 aliphatic carbocycles. The number of rotatable bonds is 6. The molecule has 1 amide bonds. The first-order valence-corrected chi connectivity index (χ1v) is 7.02. The normalized spacial score (nSPS) is 10.6. The zero-order chi connectivity index (χ0) is 11.1. The third-order valence-electron chi connectivity index (χ3n) is 1.82. The van der Waals surface area contributed by atoms with Gasteiger partial charge in [-0.3, -0.25) is 4.79 Å². The van der Waals surface area contributed by atoms with Crippen molar-refractivity contribution in [2.45, 2.75) is 25.5 Å². The Morgan fingerprint density at radius 1 is 1.60 bits per heavy atom. The Hall–Kier alpha value is -0.480. The largest absolute Gasteiger partial charge is 0.355 e. The molecule has 4 heteroatoms. The van der Waals surface area contributed by atoms with Gasteiger partial charge in [0.1, 0.15) is 0 Å². The molecule has 1 heterocycles. The summed E-state index contributed by atoms with van der Waals surface area (Å²) in [4.78, 5) is 12.7. The summed E-state index contributed by atoms with van der Waals surface area (Å²) < 4.78 is 0. The SMILES string of the molecule is CC(C)SCC(=O)NCCc1cccs1. The van der Waals surface area contributed by atoms with E-state index in [0.717, 1.165) is 13.0 Å². The van der Waals surface area contributed by atoms with Crippen molar-refractivity contribution < 1.29 is 4.79 Å². The van der Waals surface area contributed by atoms with Crippen molar-refractivity contribution in [1.29, 1.82) is 0 Å². The second kappa shape index (κ2) is 6.90. The van der Waals surface area contributed by atoms with E-state index in [1.165, 1.54) is 4.88 Å². The molecule has 0 radical (unpaired) electrons. The summed E-state index contributed by atoms with van der Waals surface area (Å²) in [5.41, 5.74) is 0. The molecule has 0 atom stereocenters. The Bertz CT molecular complexity index is 283. The van der Waals surface area contributed by atoms with Crippen molar-refractivity contribution in [3.63, 3.8) is 0 Å². The molecule has 0 saturated heterocycles. The van der Waals surface area contributed by atoms with Crippen LogP contribution in [-0.2, 0) is 11.2 Å². The Morgan fingerprint density at radius 3 is 3.00 bits per heavy atom. The number of carbonyl (C=O) groups is 1. The fourth-order valence-electron chi connectivity index (χ4n) is 1.07. The lowest BCUT2D eigenvalue weighted by atomic mass is 10.3. The van der Waals surface area contributed by atoms with Gasteiger partial charge in [0.25, 0.3) is 0 Å². The molecule has 2 nitrogen and oxygen atoms in total. The van der Waals surface area contributed by atoms with Crippen molar-refractivity contribution >= 4 is 29.0 Å². The van der Waals surface area contributed by atoms with Gasteiger partial charge in [-0.2, -0.15) is 0 Å². The lowest BCUT2D eigenvalue weighted by Gasteiger charge is -2.05. The standard InChI is InChI=1S/C11H17NOS2/c1-9(2)15-8-11(13)12-6-5-10-4-3-7-14-10/h3-4,7,9H,5-6,8H2,1-2H3,(H,12,13). The number of thioether (sulfide) groups is 1. The smallest absolute Gasteiger partial charge is 0.230 e. The van der Waals surface area contributed by atoms with Gasteiger partial charge in [-0.25, -0.2) is 0 Å². The summed E-state index contributed by atoms with van der Waals surface area (Å²) in [6, 6.07) is 4.14. The van der Waals surface area contributed by atoms with E-state index in [2.05, 4.69) is 30.6 Å². The second-order valence-electron chi connectivity index (χ2n) is 3.54. The van der Waals surface area contributed by atoms with Gasteiger partial charge in [-0.05, 0) is 23.1 Å². The summed E-state index contributed by atoms with van der Waals surface area (Å²) >= 11 is 3.41. The Morgan fingerprint density at radius 2 is 2.40 bits per heavy atom. The first kappa shape index (κ1) is 12.6. The number of hydrogen-bond donors (Lipinski definition) is 1. The maximum Gasteiger partial charge on any atom is 0.230 e.